The number of nitrogens with one attached hydrogen (secondary N) is 1. The number of thiocarbonyl (C=S) groups is 1. The second-order valence-electron chi connectivity index (χ2n) is 3.51. The van der Waals surface area contributed by atoms with Gasteiger partial charge in [-0.2, -0.15) is 5.10 Å². The first-order valence-corrected chi connectivity index (χ1v) is 5.93. The first-order valence-electron chi connectivity index (χ1n) is 5.53. The highest BCUT2D eigenvalue weighted by Gasteiger charge is 2.08. The lowest BCUT2D eigenvalue weighted by atomic mass is 10.2. The summed E-state index contributed by atoms with van der Waals surface area (Å²) in [5.74, 6) is 0.420. The van der Waals surface area contributed by atoms with Crippen LogP contribution in [0.3, 0.4) is 0 Å². The van der Waals surface area contributed by atoms with Crippen molar-refractivity contribution >= 4 is 29.5 Å². The Morgan fingerprint density at radius 1 is 1.45 bits per heavy atom. The normalized spacial score (nSPS) is 10.1. The van der Waals surface area contributed by atoms with Gasteiger partial charge in [0.05, 0.1) is 20.4 Å². The number of ether oxygens (including phenoxy) is 3. The topological polar surface area (TPSA) is 95.2 Å². The van der Waals surface area contributed by atoms with Crippen molar-refractivity contribution in [3.05, 3.63) is 23.8 Å². The highest BCUT2D eigenvalue weighted by atomic mass is 32.1. The van der Waals surface area contributed by atoms with Crippen molar-refractivity contribution in [1.82, 2.24) is 5.43 Å². The Balaban J connectivity index is 2.77. The highest BCUT2D eigenvalue weighted by Crippen LogP contribution is 2.27. The van der Waals surface area contributed by atoms with Crippen LogP contribution in [0.1, 0.15) is 5.56 Å². The molecular weight excluding hydrogens is 282 g/mol. The highest BCUT2D eigenvalue weighted by molar-refractivity contribution is 7.80. The average Bonchev–Trinajstić information content (AvgIpc) is 2.44. The molecular formula is C12H15N3O4S. The Bertz CT molecular complexity index is 519. The van der Waals surface area contributed by atoms with E-state index < -0.39 is 5.97 Å². The number of hydrogen-bond donors (Lipinski definition) is 2. The molecule has 8 heteroatoms. The van der Waals surface area contributed by atoms with Gasteiger partial charge in [-0.25, -0.2) is 4.79 Å². The van der Waals surface area contributed by atoms with Gasteiger partial charge in [-0.3, -0.25) is 5.43 Å². The first-order chi connectivity index (χ1) is 9.56. The minimum Gasteiger partial charge on any atom is -0.493 e. The molecule has 1 aromatic rings. The third-order valence-corrected chi connectivity index (χ3v) is 2.24. The smallest absolute Gasteiger partial charge is 0.343 e. The average molecular weight is 297 g/mol. The standard InChI is InChI=1S/C12H15N3O4S/c1-17-10-5-8(6-14-15-12(13)20)3-4-9(10)19-7-11(16)18-2/h3-6H,7H2,1-2H3,(H3,13,15,20). The van der Waals surface area contributed by atoms with E-state index in [2.05, 4.69) is 27.5 Å². The zero-order valence-electron chi connectivity index (χ0n) is 11.1. The summed E-state index contributed by atoms with van der Waals surface area (Å²) >= 11 is 4.62. The zero-order valence-corrected chi connectivity index (χ0v) is 11.9. The van der Waals surface area contributed by atoms with E-state index in [9.17, 15) is 4.79 Å². The molecule has 0 saturated heterocycles. The molecule has 0 radical (unpaired) electrons. The van der Waals surface area contributed by atoms with Crippen LogP contribution in [0.5, 0.6) is 11.5 Å². The summed E-state index contributed by atoms with van der Waals surface area (Å²) in [5.41, 5.74) is 8.42. The number of esters is 1. The Hall–Kier alpha value is -2.35. The van der Waals surface area contributed by atoms with E-state index in [1.54, 1.807) is 18.2 Å². The largest absolute Gasteiger partial charge is 0.493 e. The summed E-state index contributed by atoms with van der Waals surface area (Å²) in [5, 5.41) is 3.90. The minimum absolute atomic E-state index is 0.0752. The second kappa shape index (κ2) is 7.95. The lowest BCUT2D eigenvalue weighted by Gasteiger charge is -2.10. The molecule has 1 aromatic carbocycles. The van der Waals surface area contributed by atoms with E-state index in [4.69, 9.17) is 15.2 Å². The van der Waals surface area contributed by atoms with Gasteiger partial charge in [0.2, 0.25) is 0 Å². The van der Waals surface area contributed by atoms with Gasteiger partial charge in [0, 0.05) is 0 Å². The van der Waals surface area contributed by atoms with E-state index in [1.165, 1.54) is 20.4 Å². The van der Waals surface area contributed by atoms with Crippen LogP contribution < -0.4 is 20.6 Å². The van der Waals surface area contributed by atoms with E-state index in [0.717, 1.165) is 5.56 Å². The van der Waals surface area contributed by atoms with Crippen LogP contribution >= 0.6 is 12.2 Å². The first kappa shape index (κ1) is 15.7. The Morgan fingerprint density at radius 2 is 2.20 bits per heavy atom. The fraction of sp³-hybridized carbons (Fsp3) is 0.250. The molecule has 0 heterocycles. The Morgan fingerprint density at radius 3 is 2.80 bits per heavy atom. The molecule has 3 N–H and O–H groups in total. The van der Waals surface area contributed by atoms with Crippen molar-refractivity contribution in [2.75, 3.05) is 20.8 Å². The maximum atomic E-state index is 11.0. The van der Waals surface area contributed by atoms with Crippen molar-refractivity contribution in [3.8, 4) is 11.5 Å². The molecule has 0 unspecified atom stereocenters. The van der Waals surface area contributed by atoms with Crippen LogP contribution in [0, 0.1) is 0 Å². The maximum Gasteiger partial charge on any atom is 0.343 e. The van der Waals surface area contributed by atoms with E-state index in [0.29, 0.717) is 11.5 Å². The van der Waals surface area contributed by atoms with Crippen LogP contribution in [0.4, 0.5) is 0 Å². The molecule has 0 amide bonds. The third-order valence-electron chi connectivity index (χ3n) is 2.15. The molecule has 1 rings (SSSR count). The van der Waals surface area contributed by atoms with Crippen molar-refractivity contribution in [3.63, 3.8) is 0 Å². The molecule has 0 bridgehead atoms. The summed E-state index contributed by atoms with van der Waals surface area (Å²) < 4.78 is 14.9. The van der Waals surface area contributed by atoms with Crippen molar-refractivity contribution < 1.29 is 19.0 Å². The molecule has 0 saturated carbocycles. The summed E-state index contributed by atoms with van der Waals surface area (Å²) in [6.07, 6.45) is 1.52. The van der Waals surface area contributed by atoms with Crippen LogP contribution in [-0.4, -0.2) is 38.1 Å². The summed E-state index contributed by atoms with van der Waals surface area (Å²) in [6, 6.07) is 5.08. The number of rotatable bonds is 6. The summed E-state index contributed by atoms with van der Waals surface area (Å²) in [4.78, 5) is 11.0. The fourth-order valence-electron chi connectivity index (χ4n) is 1.25. The Labute approximate surface area is 121 Å². The van der Waals surface area contributed by atoms with E-state index >= 15 is 0 Å². The van der Waals surface area contributed by atoms with Gasteiger partial charge in [0.15, 0.2) is 23.2 Å². The number of hydrazone groups is 1. The van der Waals surface area contributed by atoms with Gasteiger partial charge >= 0.3 is 5.97 Å². The number of carbonyl (C=O) groups excluding carboxylic acids is 1. The lowest BCUT2D eigenvalue weighted by molar-refractivity contribution is -0.142. The number of nitrogens with two attached hydrogens (primary N) is 1. The molecule has 0 aliphatic rings. The predicted octanol–water partition coefficient (Wildman–Crippen LogP) is 0.414. The van der Waals surface area contributed by atoms with E-state index in [-0.39, 0.29) is 11.7 Å². The minimum atomic E-state index is -0.474. The molecule has 7 nitrogen and oxygen atoms in total. The third kappa shape index (κ3) is 5.11. The van der Waals surface area contributed by atoms with Crippen LogP contribution in [0.15, 0.2) is 23.3 Å². The maximum absolute atomic E-state index is 11.0. The molecule has 0 spiro atoms. The SMILES string of the molecule is COC(=O)COc1ccc(C=NNC(N)=S)cc1OC. The van der Waals surface area contributed by atoms with Gasteiger partial charge < -0.3 is 19.9 Å². The monoisotopic (exact) mass is 297 g/mol. The molecule has 0 fully saturated rings. The fourth-order valence-corrected chi connectivity index (χ4v) is 1.30. The van der Waals surface area contributed by atoms with E-state index in [1.807, 2.05) is 0 Å². The van der Waals surface area contributed by atoms with Crippen molar-refractivity contribution in [2.45, 2.75) is 0 Å². The lowest BCUT2D eigenvalue weighted by Crippen LogP contribution is -2.23. The van der Waals surface area contributed by atoms with Gasteiger partial charge in [-0.05, 0) is 36.0 Å². The number of carbonyl (C=O) groups is 1. The van der Waals surface area contributed by atoms with Crippen molar-refractivity contribution in [1.29, 1.82) is 0 Å². The summed E-state index contributed by atoms with van der Waals surface area (Å²) in [7, 11) is 2.78. The van der Waals surface area contributed by atoms with Crippen molar-refractivity contribution in [2.24, 2.45) is 10.8 Å². The van der Waals surface area contributed by atoms with Gasteiger partial charge in [-0.15, -0.1) is 0 Å². The Kier molecular flexibility index (Phi) is 6.24. The second-order valence-corrected chi connectivity index (χ2v) is 3.95. The number of benzene rings is 1. The number of methoxy groups -OCH3 is 2. The quantitative estimate of drug-likeness (QED) is 0.340. The van der Waals surface area contributed by atoms with Crippen LogP contribution in [0.25, 0.3) is 0 Å². The molecule has 0 aliphatic carbocycles. The van der Waals surface area contributed by atoms with Gasteiger partial charge in [0.1, 0.15) is 0 Å². The van der Waals surface area contributed by atoms with Gasteiger partial charge in [0.25, 0.3) is 0 Å². The predicted molar refractivity (Wildman–Crippen MR) is 78.0 cm³/mol. The zero-order chi connectivity index (χ0) is 15.0. The number of nitrogens with zero attached hydrogens (tertiary/aromatic N) is 1. The summed E-state index contributed by atoms with van der Waals surface area (Å²) in [6.45, 7) is -0.191. The number of hydrogen-bond acceptors (Lipinski definition) is 6. The molecule has 20 heavy (non-hydrogen) atoms. The molecule has 0 aliphatic heterocycles. The molecule has 0 aromatic heterocycles. The molecule has 108 valence electrons. The van der Waals surface area contributed by atoms with Crippen LogP contribution in [-0.2, 0) is 9.53 Å². The van der Waals surface area contributed by atoms with Gasteiger partial charge in [-0.1, -0.05) is 0 Å². The van der Waals surface area contributed by atoms with Crippen LogP contribution in [0.2, 0.25) is 0 Å². The molecule has 0 atom stereocenters.